The van der Waals surface area contributed by atoms with Gasteiger partial charge in [-0.2, -0.15) is 0 Å². The minimum absolute atomic E-state index is 0.0773. The fourth-order valence-corrected chi connectivity index (χ4v) is 2.60. The molecule has 1 aliphatic carbocycles. The van der Waals surface area contributed by atoms with E-state index in [1.54, 1.807) is 7.05 Å². The molecule has 6 heteroatoms. The van der Waals surface area contributed by atoms with Crippen LogP contribution in [0.25, 0.3) is 0 Å². The third-order valence-electron chi connectivity index (χ3n) is 3.95. The number of nitrogens with one attached hydrogen (secondary N) is 4. The third-order valence-corrected chi connectivity index (χ3v) is 3.95. The molecule has 4 N–H and O–H groups in total. The number of carbonyl (C=O) groups is 2. The molecule has 0 aromatic rings. The highest BCUT2D eigenvalue weighted by Crippen LogP contribution is 2.17. The summed E-state index contributed by atoms with van der Waals surface area (Å²) < 4.78 is 0. The van der Waals surface area contributed by atoms with Crippen molar-refractivity contribution in [1.82, 2.24) is 21.3 Å². The second kappa shape index (κ2) is 8.10. The van der Waals surface area contributed by atoms with Crippen molar-refractivity contribution in [2.75, 3.05) is 7.05 Å². The maximum absolute atomic E-state index is 11.9. The fourth-order valence-electron chi connectivity index (χ4n) is 2.60. The van der Waals surface area contributed by atoms with E-state index in [1.807, 2.05) is 20.8 Å². The first-order valence-corrected chi connectivity index (χ1v) is 7.89. The molecule has 0 heterocycles. The summed E-state index contributed by atoms with van der Waals surface area (Å²) in [6.45, 7) is 5.95. The van der Waals surface area contributed by atoms with Gasteiger partial charge in [0.1, 0.15) is 0 Å². The van der Waals surface area contributed by atoms with Crippen molar-refractivity contribution < 1.29 is 9.59 Å². The number of urea groups is 2. The lowest BCUT2D eigenvalue weighted by molar-refractivity contribution is 0.224. The Kier molecular flexibility index (Phi) is 6.78. The van der Waals surface area contributed by atoms with Gasteiger partial charge in [-0.1, -0.05) is 12.8 Å². The topological polar surface area (TPSA) is 82.3 Å². The van der Waals surface area contributed by atoms with Crippen molar-refractivity contribution in [2.24, 2.45) is 0 Å². The number of hydrogen-bond donors (Lipinski definition) is 4. The molecule has 0 aliphatic heterocycles. The summed E-state index contributed by atoms with van der Waals surface area (Å²) in [6, 6.07) is 0.159. The molecule has 21 heavy (non-hydrogen) atoms. The summed E-state index contributed by atoms with van der Waals surface area (Å²) in [7, 11) is 1.60. The van der Waals surface area contributed by atoms with Crippen molar-refractivity contribution in [3.63, 3.8) is 0 Å². The van der Waals surface area contributed by atoms with E-state index in [0.717, 1.165) is 25.7 Å². The SMILES string of the molecule is CNC(=O)NC(C)(C)CCC(C)NC(=O)NC1CCCC1. The summed E-state index contributed by atoms with van der Waals surface area (Å²) in [5, 5.41) is 11.4. The number of rotatable bonds is 6. The molecule has 0 saturated heterocycles. The summed E-state index contributed by atoms with van der Waals surface area (Å²) >= 11 is 0. The standard InChI is InChI=1S/C15H30N4O2/c1-11(9-10-15(2,3)19-13(20)16-4)17-14(21)18-12-7-5-6-8-12/h11-12H,5-10H2,1-4H3,(H2,16,19,20)(H2,17,18,21). The Morgan fingerprint density at radius 2 is 1.81 bits per heavy atom. The number of carbonyl (C=O) groups excluding carboxylic acids is 2. The van der Waals surface area contributed by atoms with E-state index in [4.69, 9.17) is 0 Å². The molecule has 122 valence electrons. The van der Waals surface area contributed by atoms with Crippen molar-refractivity contribution in [1.29, 1.82) is 0 Å². The Bertz CT molecular complexity index is 352. The minimum Gasteiger partial charge on any atom is -0.341 e. The van der Waals surface area contributed by atoms with Crippen molar-refractivity contribution in [2.45, 2.75) is 76.9 Å². The van der Waals surface area contributed by atoms with Gasteiger partial charge in [-0.15, -0.1) is 0 Å². The third kappa shape index (κ3) is 7.20. The van der Waals surface area contributed by atoms with Gasteiger partial charge in [0.25, 0.3) is 0 Å². The fraction of sp³-hybridized carbons (Fsp3) is 0.867. The molecule has 0 aromatic carbocycles. The van der Waals surface area contributed by atoms with Crippen molar-refractivity contribution in [3.05, 3.63) is 0 Å². The second-order valence-electron chi connectivity index (χ2n) is 6.63. The molecular formula is C15H30N4O2. The zero-order valence-corrected chi connectivity index (χ0v) is 13.7. The van der Waals surface area contributed by atoms with Crippen LogP contribution in [0.5, 0.6) is 0 Å². The van der Waals surface area contributed by atoms with Crippen molar-refractivity contribution >= 4 is 12.1 Å². The van der Waals surface area contributed by atoms with Gasteiger partial charge in [0.15, 0.2) is 0 Å². The molecule has 1 fully saturated rings. The highest BCUT2D eigenvalue weighted by Gasteiger charge is 2.22. The number of hydrogen-bond acceptors (Lipinski definition) is 2. The van der Waals surface area contributed by atoms with Gasteiger partial charge in [-0.3, -0.25) is 0 Å². The lowest BCUT2D eigenvalue weighted by atomic mass is 9.96. The van der Waals surface area contributed by atoms with E-state index in [2.05, 4.69) is 21.3 Å². The van der Waals surface area contributed by atoms with E-state index in [0.29, 0.717) is 6.04 Å². The molecule has 1 saturated carbocycles. The van der Waals surface area contributed by atoms with Crippen LogP contribution in [0, 0.1) is 0 Å². The summed E-state index contributed by atoms with van der Waals surface area (Å²) in [5.74, 6) is 0. The Morgan fingerprint density at radius 1 is 1.19 bits per heavy atom. The summed E-state index contributed by atoms with van der Waals surface area (Å²) in [6.07, 6.45) is 6.20. The zero-order chi connectivity index (χ0) is 15.9. The summed E-state index contributed by atoms with van der Waals surface area (Å²) in [4.78, 5) is 23.2. The van der Waals surface area contributed by atoms with Gasteiger partial charge in [0, 0.05) is 24.7 Å². The van der Waals surface area contributed by atoms with Gasteiger partial charge < -0.3 is 21.3 Å². The molecule has 1 unspecified atom stereocenters. The molecule has 1 rings (SSSR count). The van der Waals surface area contributed by atoms with Crippen LogP contribution in [0.3, 0.4) is 0 Å². The second-order valence-corrected chi connectivity index (χ2v) is 6.63. The summed E-state index contributed by atoms with van der Waals surface area (Å²) in [5.41, 5.74) is -0.294. The predicted molar refractivity (Wildman–Crippen MR) is 84.3 cm³/mol. The van der Waals surface area contributed by atoms with Gasteiger partial charge >= 0.3 is 12.1 Å². The van der Waals surface area contributed by atoms with E-state index >= 15 is 0 Å². The van der Waals surface area contributed by atoms with Gasteiger partial charge in [-0.25, -0.2) is 9.59 Å². The first-order chi connectivity index (χ1) is 9.82. The Hall–Kier alpha value is -1.46. The lowest BCUT2D eigenvalue weighted by Crippen LogP contribution is -2.49. The minimum atomic E-state index is -0.294. The van der Waals surface area contributed by atoms with Crippen LogP contribution in [-0.4, -0.2) is 36.7 Å². The van der Waals surface area contributed by atoms with Gasteiger partial charge in [-0.05, 0) is 46.5 Å². The van der Waals surface area contributed by atoms with Crippen LogP contribution in [0.15, 0.2) is 0 Å². The Balaban J connectivity index is 2.24. The molecule has 6 nitrogen and oxygen atoms in total. The van der Waals surface area contributed by atoms with E-state index in [1.165, 1.54) is 12.8 Å². The van der Waals surface area contributed by atoms with Crippen LogP contribution < -0.4 is 21.3 Å². The Morgan fingerprint density at radius 3 is 2.38 bits per heavy atom. The van der Waals surface area contributed by atoms with Crippen LogP contribution in [0.1, 0.15) is 59.3 Å². The average Bonchev–Trinajstić information content (AvgIpc) is 2.88. The molecule has 0 aromatic heterocycles. The van der Waals surface area contributed by atoms with E-state index in [-0.39, 0.29) is 23.6 Å². The smallest absolute Gasteiger partial charge is 0.315 e. The number of amides is 4. The van der Waals surface area contributed by atoms with Gasteiger partial charge in [0.2, 0.25) is 0 Å². The molecule has 1 atom stereocenters. The highest BCUT2D eigenvalue weighted by atomic mass is 16.2. The molecule has 0 bridgehead atoms. The van der Waals surface area contributed by atoms with Crippen LogP contribution in [0.2, 0.25) is 0 Å². The first-order valence-electron chi connectivity index (χ1n) is 7.89. The average molecular weight is 298 g/mol. The van der Waals surface area contributed by atoms with Crippen molar-refractivity contribution in [3.8, 4) is 0 Å². The maximum atomic E-state index is 11.9. The monoisotopic (exact) mass is 298 g/mol. The largest absolute Gasteiger partial charge is 0.341 e. The quantitative estimate of drug-likeness (QED) is 0.605. The molecule has 4 amide bonds. The highest BCUT2D eigenvalue weighted by molar-refractivity contribution is 5.74. The van der Waals surface area contributed by atoms with Crippen LogP contribution in [-0.2, 0) is 0 Å². The predicted octanol–water partition coefficient (Wildman–Crippen LogP) is 2.10. The van der Waals surface area contributed by atoms with Crippen LogP contribution >= 0.6 is 0 Å². The van der Waals surface area contributed by atoms with Crippen LogP contribution in [0.4, 0.5) is 9.59 Å². The molecular weight excluding hydrogens is 268 g/mol. The molecule has 1 aliphatic rings. The Labute approximate surface area is 127 Å². The maximum Gasteiger partial charge on any atom is 0.315 e. The zero-order valence-electron chi connectivity index (χ0n) is 13.7. The normalized spacial score (nSPS) is 17.1. The van der Waals surface area contributed by atoms with E-state index in [9.17, 15) is 9.59 Å². The molecule has 0 radical (unpaired) electrons. The molecule has 0 spiro atoms. The lowest BCUT2D eigenvalue weighted by Gasteiger charge is -2.27. The van der Waals surface area contributed by atoms with Gasteiger partial charge in [0.05, 0.1) is 0 Å². The first kappa shape index (κ1) is 17.6. The van der Waals surface area contributed by atoms with E-state index < -0.39 is 0 Å².